The van der Waals surface area contributed by atoms with E-state index >= 15 is 0 Å². The number of fused-ring (bicyclic) bond motifs is 4. The van der Waals surface area contributed by atoms with Crippen LogP contribution < -0.4 is 4.90 Å². The Balaban J connectivity index is 1.93. The van der Waals surface area contributed by atoms with Gasteiger partial charge in [-0.2, -0.15) is 0 Å². The van der Waals surface area contributed by atoms with Crippen molar-refractivity contribution in [3.05, 3.63) is 69.8 Å². The number of amides is 1. The molecule has 0 aliphatic carbocycles. The lowest BCUT2D eigenvalue weighted by atomic mass is 9.90. The van der Waals surface area contributed by atoms with Crippen LogP contribution in [0.5, 0.6) is 0 Å². The van der Waals surface area contributed by atoms with Gasteiger partial charge < -0.3 is 0 Å². The summed E-state index contributed by atoms with van der Waals surface area (Å²) in [6, 6.07) is 12.2. The first kappa shape index (κ1) is 14.4. The van der Waals surface area contributed by atoms with Crippen LogP contribution in [0.4, 0.5) is 11.4 Å². The summed E-state index contributed by atoms with van der Waals surface area (Å²) < 4.78 is 0. The van der Waals surface area contributed by atoms with Crippen molar-refractivity contribution in [3.8, 4) is 0 Å². The molecule has 3 aromatic rings. The van der Waals surface area contributed by atoms with Crippen molar-refractivity contribution >= 4 is 33.9 Å². The molecular weight excluding hydrogens is 308 g/mol. The zero-order valence-electron chi connectivity index (χ0n) is 14.8. The van der Waals surface area contributed by atoms with Gasteiger partial charge in [-0.05, 0) is 67.5 Å². The van der Waals surface area contributed by atoms with Crippen molar-refractivity contribution < 1.29 is 4.79 Å². The van der Waals surface area contributed by atoms with E-state index in [1.165, 1.54) is 11.1 Å². The zero-order chi connectivity index (χ0) is 17.5. The molecule has 2 aliphatic rings. The van der Waals surface area contributed by atoms with Gasteiger partial charge in [0.25, 0.3) is 5.91 Å². The molecule has 0 fully saturated rings. The highest BCUT2D eigenvalue weighted by molar-refractivity contribution is 6.40. The van der Waals surface area contributed by atoms with Gasteiger partial charge in [0.05, 0.1) is 16.9 Å². The summed E-state index contributed by atoms with van der Waals surface area (Å²) in [5.74, 6) is 0.814. The molecule has 122 valence electrons. The summed E-state index contributed by atoms with van der Waals surface area (Å²) in [6.45, 7) is 8.37. The number of nitrogens with zero attached hydrogens (tertiary/aromatic N) is 2. The molecule has 2 heterocycles. The Kier molecular flexibility index (Phi) is 2.63. The summed E-state index contributed by atoms with van der Waals surface area (Å²) in [5.41, 5.74) is 8.34. The third-order valence-electron chi connectivity index (χ3n) is 5.87. The Hall–Kier alpha value is -2.94. The van der Waals surface area contributed by atoms with Crippen molar-refractivity contribution in [1.82, 2.24) is 0 Å². The number of aliphatic imine (C=N–C) groups is 1. The average molecular weight is 326 g/mol. The topological polar surface area (TPSA) is 32.7 Å². The van der Waals surface area contributed by atoms with E-state index in [1.54, 1.807) is 4.90 Å². The number of amidine groups is 1. The molecule has 25 heavy (non-hydrogen) atoms. The molecule has 2 aliphatic heterocycles. The minimum Gasteiger partial charge on any atom is -0.268 e. The van der Waals surface area contributed by atoms with Gasteiger partial charge in [-0.25, -0.2) is 4.99 Å². The Labute approximate surface area is 146 Å². The summed E-state index contributed by atoms with van der Waals surface area (Å²) in [4.78, 5) is 20.1. The molecule has 1 amide bonds. The summed E-state index contributed by atoms with van der Waals surface area (Å²) >= 11 is 0. The van der Waals surface area contributed by atoms with Crippen LogP contribution in [0.15, 0.2) is 41.4 Å². The van der Waals surface area contributed by atoms with E-state index in [0.717, 1.165) is 50.2 Å². The van der Waals surface area contributed by atoms with Gasteiger partial charge in [0.15, 0.2) is 0 Å². The van der Waals surface area contributed by atoms with Crippen LogP contribution >= 0.6 is 0 Å². The maximum absolute atomic E-state index is 13.4. The van der Waals surface area contributed by atoms with Gasteiger partial charge in [0.2, 0.25) is 0 Å². The molecule has 5 rings (SSSR count). The van der Waals surface area contributed by atoms with E-state index in [-0.39, 0.29) is 5.91 Å². The van der Waals surface area contributed by atoms with Crippen LogP contribution in [0.3, 0.4) is 0 Å². The predicted octanol–water partition coefficient (Wildman–Crippen LogP) is 5.13. The van der Waals surface area contributed by atoms with Gasteiger partial charge >= 0.3 is 0 Å². The second kappa shape index (κ2) is 4.57. The highest BCUT2D eigenvalue weighted by atomic mass is 16.2. The molecule has 3 heteroatoms. The minimum atomic E-state index is 0.0412. The molecule has 0 atom stereocenters. The predicted molar refractivity (Wildman–Crippen MR) is 102 cm³/mol. The number of hydrogen-bond donors (Lipinski definition) is 0. The normalized spacial score (nSPS) is 14.6. The van der Waals surface area contributed by atoms with Crippen molar-refractivity contribution in [2.75, 3.05) is 4.90 Å². The first-order valence-corrected chi connectivity index (χ1v) is 8.56. The standard InChI is InChI=1S/C22H18N2O/c1-11-12(2)14(4)19-18(13(11)3)21-23-16-9-5-7-15-8-6-10-17(20(15)16)24(21)22(19)25/h5-10H,1-4H3. The quantitative estimate of drug-likeness (QED) is 0.564. The molecule has 0 N–H and O–H groups in total. The van der Waals surface area contributed by atoms with E-state index in [1.807, 2.05) is 31.2 Å². The summed E-state index contributed by atoms with van der Waals surface area (Å²) in [6.07, 6.45) is 0. The zero-order valence-corrected chi connectivity index (χ0v) is 14.8. The highest BCUT2D eigenvalue weighted by Crippen LogP contribution is 2.45. The molecule has 3 aromatic carbocycles. The fourth-order valence-corrected chi connectivity index (χ4v) is 4.20. The average Bonchev–Trinajstić information content (AvgIpc) is 2.91. The van der Waals surface area contributed by atoms with Crippen LogP contribution in [-0.2, 0) is 0 Å². The van der Waals surface area contributed by atoms with Gasteiger partial charge in [-0.15, -0.1) is 0 Å². The fourth-order valence-electron chi connectivity index (χ4n) is 4.20. The molecule has 0 aromatic heterocycles. The highest BCUT2D eigenvalue weighted by Gasteiger charge is 2.41. The summed E-state index contributed by atoms with van der Waals surface area (Å²) in [5, 5.41) is 2.17. The van der Waals surface area contributed by atoms with E-state index in [0.29, 0.717) is 0 Å². The first-order chi connectivity index (χ1) is 12.0. The van der Waals surface area contributed by atoms with E-state index in [2.05, 4.69) is 32.9 Å². The van der Waals surface area contributed by atoms with Crippen LogP contribution in [0.2, 0.25) is 0 Å². The Morgan fingerprint density at radius 3 is 2.16 bits per heavy atom. The third kappa shape index (κ3) is 1.60. The first-order valence-electron chi connectivity index (χ1n) is 8.56. The maximum Gasteiger partial charge on any atom is 0.265 e. The molecule has 0 radical (unpaired) electrons. The second-order valence-corrected chi connectivity index (χ2v) is 6.98. The van der Waals surface area contributed by atoms with Gasteiger partial charge in [-0.3, -0.25) is 9.69 Å². The minimum absolute atomic E-state index is 0.0412. The Morgan fingerprint density at radius 2 is 1.44 bits per heavy atom. The number of hydrogen-bond acceptors (Lipinski definition) is 2. The lowest BCUT2D eigenvalue weighted by Gasteiger charge is -2.24. The van der Waals surface area contributed by atoms with Crippen LogP contribution in [0.25, 0.3) is 10.8 Å². The second-order valence-electron chi connectivity index (χ2n) is 6.98. The fraction of sp³-hybridized carbons (Fsp3) is 0.182. The number of carbonyl (C=O) groups is 1. The number of rotatable bonds is 0. The van der Waals surface area contributed by atoms with Crippen LogP contribution in [-0.4, -0.2) is 11.7 Å². The molecular formula is C22H18N2O. The molecule has 0 spiro atoms. The van der Waals surface area contributed by atoms with Crippen molar-refractivity contribution in [1.29, 1.82) is 0 Å². The number of carbonyl (C=O) groups excluding carboxylic acids is 1. The Bertz CT molecular complexity index is 1150. The molecule has 0 saturated carbocycles. The third-order valence-corrected chi connectivity index (χ3v) is 5.87. The monoisotopic (exact) mass is 326 g/mol. The van der Waals surface area contributed by atoms with Crippen molar-refractivity contribution in [2.45, 2.75) is 27.7 Å². The summed E-state index contributed by atoms with van der Waals surface area (Å²) in [7, 11) is 0. The largest absolute Gasteiger partial charge is 0.268 e. The molecule has 0 saturated heterocycles. The smallest absolute Gasteiger partial charge is 0.265 e. The van der Waals surface area contributed by atoms with E-state index in [9.17, 15) is 4.79 Å². The lowest BCUT2D eigenvalue weighted by Crippen LogP contribution is -2.31. The molecule has 0 bridgehead atoms. The van der Waals surface area contributed by atoms with Crippen molar-refractivity contribution in [3.63, 3.8) is 0 Å². The van der Waals surface area contributed by atoms with Crippen molar-refractivity contribution in [2.24, 2.45) is 4.99 Å². The van der Waals surface area contributed by atoms with Crippen LogP contribution in [0, 0.1) is 27.7 Å². The molecule has 0 unspecified atom stereocenters. The van der Waals surface area contributed by atoms with E-state index < -0.39 is 0 Å². The van der Waals surface area contributed by atoms with Gasteiger partial charge in [-0.1, -0.05) is 24.3 Å². The van der Waals surface area contributed by atoms with Gasteiger partial charge in [0, 0.05) is 10.9 Å². The van der Waals surface area contributed by atoms with E-state index in [4.69, 9.17) is 4.99 Å². The number of benzene rings is 3. The molecule has 3 nitrogen and oxygen atoms in total. The maximum atomic E-state index is 13.4. The lowest BCUT2D eigenvalue weighted by molar-refractivity contribution is 0.101. The Morgan fingerprint density at radius 1 is 0.800 bits per heavy atom. The van der Waals surface area contributed by atoms with Gasteiger partial charge in [0.1, 0.15) is 5.84 Å². The van der Waals surface area contributed by atoms with Crippen LogP contribution in [0.1, 0.15) is 38.2 Å². The number of anilines is 1. The SMILES string of the molecule is Cc1c(C)c(C)c2c(c1C)C(=O)N1C2=Nc2cccc3cccc1c23.